The average Bonchev–Trinajstić information content (AvgIpc) is 2.21. The minimum atomic E-state index is -1.06. The lowest BCUT2D eigenvalue weighted by molar-refractivity contribution is -0.157. The number of carbonyl (C=O) groups is 2. The molecule has 2 N–H and O–H groups in total. The van der Waals surface area contributed by atoms with Crippen molar-refractivity contribution in [2.45, 2.75) is 58.8 Å². The predicted octanol–water partition coefficient (Wildman–Crippen LogP) is 2.91. The van der Waals surface area contributed by atoms with E-state index in [1.54, 1.807) is 0 Å². The number of rotatable bonds is 9. The third-order valence-electron chi connectivity index (χ3n) is 2.96. The first-order chi connectivity index (χ1) is 7.48. The van der Waals surface area contributed by atoms with E-state index in [4.69, 9.17) is 5.11 Å². The Morgan fingerprint density at radius 3 is 1.69 bits per heavy atom. The second-order valence-electron chi connectivity index (χ2n) is 4.36. The summed E-state index contributed by atoms with van der Waals surface area (Å²) >= 11 is 0. The van der Waals surface area contributed by atoms with E-state index in [1.807, 2.05) is 13.8 Å². The van der Waals surface area contributed by atoms with E-state index < -0.39 is 17.4 Å². The molecule has 0 rings (SSSR count). The van der Waals surface area contributed by atoms with Crippen LogP contribution in [0, 0.1) is 5.41 Å². The number of unbranched alkanes of at least 4 members (excludes halogenated alkanes) is 2. The van der Waals surface area contributed by atoms with Crippen molar-refractivity contribution < 1.29 is 19.8 Å². The molecule has 0 aliphatic heterocycles. The SMILES string of the molecule is CCCCC(CCCC)(CC(=O)O)C(=O)O. The van der Waals surface area contributed by atoms with Crippen LogP contribution in [0.5, 0.6) is 0 Å². The largest absolute Gasteiger partial charge is 0.481 e. The highest BCUT2D eigenvalue weighted by molar-refractivity contribution is 5.81. The minimum absolute atomic E-state index is 0.262. The Bertz CT molecular complexity index is 227. The van der Waals surface area contributed by atoms with Crippen molar-refractivity contribution in [3.8, 4) is 0 Å². The standard InChI is InChI=1S/C12H22O4/c1-3-5-7-12(11(15)16,8-6-4-2)9-10(13)14/h3-9H2,1-2H3,(H,13,14)(H,15,16). The van der Waals surface area contributed by atoms with Gasteiger partial charge in [-0.25, -0.2) is 0 Å². The maximum absolute atomic E-state index is 11.3. The molecular weight excluding hydrogens is 208 g/mol. The molecule has 0 bridgehead atoms. The molecule has 0 radical (unpaired) electrons. The molecule has 4 nitrogen and oxygen atoms in total. The van der Waals surface area contributed by atoms with E-state index in [-0.39, 0.29) is 6.42 Å². The van der Waals surface area contributed by atoms with Crippen LogP contribution in [0.3, 0.4) is 0 Å². The fourth-order valence-corrected chi connectivity index (χ4v) is 1.91. The number of hydrogen-bond acceptors (Lipinski definition) is 2. The molecule has 0 unspecified atom stereocenters. The second-order valence-corrected chi connectivity index (χ2v) is 4.36. The first kappa shape index (κ1) is 14.9. The van der Waals surface area contributed by atoms with Gasteiger partial charge in [0.25, 0.3) is 0 Å². The van der Waals surface area contributed by atoms with Gasteiger partial charge in [0, 0.05) is 0 Å². The summed E-state index contributed by atoms with van der Waals surface area (Å²) in [5.74, 6) is -1.98. The number of hydrogen-bond donors (Lipinski definition) is 2. The van der Waals surface area contributed by atoms with Gasteiger partial charge in [-0.15, -0.1) is 0 Å². The van der Waals surface area contributed by atoms with Gasteiger partial charge in [0.1, 0.15) is 0 Å². The van der Waals surface area contributed by atoms with Gasteiger partial charge >= 0.3 is 11.9 Å². The number of carboxylic acid groups (broad SMARTS) is 2. The zero-order valence-corrected chi connectivity index (χ0v) is 10.2. The van der Waals surface area contributed by atoms with Crippen LogP contribution in [0.1, 0.15) is 58.8 Å². The van der Waals surface area contributed by atoms with E-state index in [9.17, 15) is 14.7 Å². The smallest absolute Gasteiger partial charge is 0.310 e. The van der Waals surface area contributed by atoms with Crippen LogP contribution in [0.25, 0.3) is 0 Å². The number of carboxylic acids is 2. The zero-order valence-electron chi connectivity index (χ0n) is 10.2. The molecule has 0 amide bonds. The van der Waals surface area contributed by atoms with Gasteiger partial charge in [0.15, 0.2) is 0 Å². The molecule has 0 fully saturated rings. The fraction of sp³-hybridized carbons (Fsp3) is 0.833. The molecule has 94 valence electrons. The molecule has 0 spiro atoms. The van der Waals surface area contributed by atoms with Crippen LogP contribution < -0.4 is 0 Å². The van der Waals surface area contributed by atoms with Crippen molar-refractivity contribution in [3.05, 3.63) is 0 Å². The fourth-order valence-electron chi connectivity index (χ4n) is 1.91. The lowest BCUT2D eigenvalue weighted by Crippen LogP contribution is -2.33. The van der Waals surface area contributed by atoms with Crippen LogP contribution in [0.15, 0.2) is 0 Å². The van der Waals surface area contributed by atoms with E-state index in [2.05, 4.69) is 0 Å². The maximum atomic E-state index is 11.3. The van der Waals surface area contributed by atoms with E-state index in [1.165, 1.54) is 0 Å². The van der Waals surface area contributed by atoms with Gasteiger partial charge in [0.2, 0.25) is 0 Å². The lowest BCUT2D eigenvalue weighted by Gasteiger charge is -2.27. The van der Waals surface area contributed by atoms with Crippen LogP contribution >= 0.6 is 0 Å². The van der Waals surface area contributed by atoms with Crippen molar-refractivity contribution in [2.75, 3.05) is 0 Å². The molecule has 0 heterocycles. The molecule has 0 aliphatic rings. The first-order valence-corrected chi connectivity index (χ1v) is 5.93. The number of aliphatic carboxylic acids is 2. The van der Waals surface area contributed by atoms with Gasteiger partial charge in [-0.3, -0.25) is 9.59 Å². The Morgan fingerprint density at radius 2 is 1.44 bits per heavy atom. The summed E-state index contributed by atoms with van der Waals surface area (Å²) in [6, 6.07) is 0. The van der Waals surface area contributed by atoms with E-state index in [0.717, 1.165) is 25.7 Å². The Kier molecular flexibility index (Phi) is 6.77. The minimum Gasteiger partial charge on any atom is -0.481 e. The Hall–Kier alpha value is -1.06. The summed E-state index contributed by atoms with van der Waals surface area (Å²) < 4.78 is 0. The second kappa shape index (κ2) is 7.25. The molecule has 0 saturated carbocycles. The van der Waals surface area contributed by atoms with Crippen molar-refractivity contribution in [3.63, 3.8) is 0 Å². The Labute approximate surface area is 96.7 Å². The first-order valence-electron chi connectivity index (χ1n) is 5.93. The van der Waals surface area contributed by atoms with Crippen molar-refractivity contribution in [1.29, 1.82) is 0 Å². The van der Waals surface area contributed by atoms with E-state index in [0.29, 0.717) is 12.8 Å². The molecule has 0 atom stereocenters. The predicted molar refractivity (Wildman–Crippen MR) is 61.4 cm³/mol. The van der Waals surface area contributed by atoms with Crippen LogP contribution in [0.4, 0.5) is 0 Å². The summed E-state index contributed by atoms with van der Waals surface area (Å²) in [7, 11) is 0. The van der Waals surface area contributed by atoms with Crippen molar-refractivity contribution >= 4 is 11.9 Å². The maximum Gasteiger partial charge on any atom is 0.310 e. The summed E-state index contributed by atoms with van der Waals surface area (Å²) in [5, 5.41) is 18.1. The molecule has 4 heteroatoms. The summed E-state index contributed by atoms with van der Waals surface area (Å²) in [5.41, 5.74) is -1.06. The van der Waals surface area contributed by atoms with Gasteiger partial charge in [-0.1, -0.05) is 39.5 Å². The van der Waals surface area contributed by atoms with Crippen molar-refractivity contribution in [2.24, 2.45) is 5.41 Å². The highest BCUT2D eigenvalue weighted by Crippen LogP contribution is 2.35. The molecule has 0 aromatic rings. The van der Waals surface area contributed by atoms with Crippen LogP contribution in [-0.4, -0.2) is 22.2 Å². The third kappa shape index (κ3) is 4.64. The molecule has 0 aliphatic carbocycles. The Balaban J connectivity index is 4.73. The third-order valence-corrected chi connectivity index (χ3v) is 2.96. The molecule has 16 heavy (non-hydrogen) atoms. The van der Waals surface area contributed by atoms with Crippen LogP contribution in [-0.2, 0) is 9.59 Å². The van der Waals surface area contributed by atoms with Gasteiger partial charge in [-0.05, 0) is 12.8 Å². The highest BCUT2D eigenvalue weighted by atomic mass is 16.4. The zero-order chi connectivity index (χ0) is 12.6. The lowest BCUT2D eigenvalue weighted by atomic mass is 9.75. The summed E-state index contributed by atoms with van der Waals surface area (Å²) in [6.07, 6.45) is 3.98. The molecule has 0 aromatic carbocycles. The van der Waals surface area contributed by atoms with Gasteiger partial charge < -0.3 is 10.2 Å². The molecule has 0 saturated heterocycles. The summed E-state index contributed by atoms with van der Waals surface area (Å²) in [4.78, 5) is 22.1. The summed E-state index contributed by atoms with van der Waals surface area (Å²) in [6.45, 7) is 3.96. The average molecular weight is 230 g/mol. The van der Waals surface area contributed by atoms with Gasteiger partial charge in [0.05, 0.1) is 11.8 Å². The molecular formula is C12H22O4. The normalized spacial score (nSPS) is 11.4. The monoisotopic (exact) mass is 230 g/mol. The molecule has 0 aromatic heterocycles. The highest BCUT2D eigenvalue weighted by Gasteiger charge is 2.39. The van der Waals surface area contributed by atoms with Gasteiger partial charge in [-0.2, -0.15) is 0 Å². The van der Waals surface area contributed by atoms with Crippen LogP contribution in [0.2, 0.25) is 0 Å². The Morgan fingerprint density at radius 1 is 1.00 bits per heavy atom. The van der Waals surface area contributed by atoms with E-state index >= 15 is 0 Å². The van der Waals surface area contributed by atoms with Crippen molar-refractivity contribution in [1.82, 2.24) is 0 Å². The quantitative estimate of drug-likeness (QED) is 0.638. The topological polar surface area (TPSA) is 74.6 Å².